The summed E-state index contributed by atoms with van der Waals surface area (Å²) in [6.45, 7) is 2.88. The van der Waals surface area contributed by atoms with Gasteiger partial charge in [-0.2, -0.15) is 4.31 Å². The normalized spacial score (nSPS) is 16.2. The van der Waals surface area contributed by atoms with Crippen molar-refractivity contribution in [2.75, 3.05) is 26.2 Å². The average Bonchev–Trinajstić information content (AvgIpc) is 3.18. The van der Waals surface area contributed by atoms with Gasteiger partial charge in [0, 0.05) is 42.8 Å². The van der Waals surface area contributed by atoms with Crippen molar-refractivity contribution in [1.29, 1.82) is 0 Å². The Bertz CT molecular complexity index is 1040. The van der Waals surface area contributed by atoms with Crippen LogP contribution in [0.4, 0.5) is 0 Å². The molecule has 0 bridgehead atoms. The van der Waals surface area contributed by atoms with Crippen LogP contribution in [0, 0.1) is 0 Å². The molecule has 0 amide bonds. The minimum atomic E-state index is -3.31. The van der Waals surface area contributed by atoms with E-state index in [1.54, 1.807) is 4.31 Å². The predicted molar refractivity (Wildman–Crippen MR) is 113 cm³/mol. The molecule has 4 rings (SSSR count). The lowest BCUT2D eigenvalue weighted by Gasteiger charge is -2.33. The second-order valence-electron chi connectivity index (χ2n) is 7.10. The Hall–Kier alpha value is -2.19. The third-order valence-corrected chi connectivity index (χ3v) is 7.10. The number of benzene rings is 2. The lowest BCUT2D eigenvalue weighted by Crippen LogP contribution is -2.48. The van der Waals surface area contributed by atoms with Crippen LogP contribution < -0.4 is 0 Å². The highest BCUT2D eigenvalue weighted by Gasteiger charge is 2.27. The highest BCUT2D eigenvalue weighted by atomic mass is 35.5. The first-order chi connectivity index (χ1) is 14.0. The Labute approximate surface area is 175 Å². The maximum atomic E-state index is 12.7. The van der Waals surface area contributed by atoms with Gasteiger partial charge < -0.3 is 4.52 Å². The van der Waals surface area contributed by atoms with E-state index >= 15 is 0 Å². The first kappa shape index (κ1) is 20.1. The van der Waals surface area contributed by atoms with Gasteiger partial charge in [-0.3, -0.25) is 4.90 Å². The van der Waals surface area contributed by atoms with Gasteiger partial charge >= 0.3 is 0 Å². The van der Waals surface area contributed by atoms with Crippen LogP contribution in [0.5, 0.6) is 0 Å². The van der Waals surface area contributed by atoms with Crippen LogP contribution in [0.15, 0.2) is 65.2 Å². The Balaban J connectivity index is 1.33. The number of hydrogen-bond donors (Lipinski definition) is 0. The zero-order chi connectivity index (χ0) is 20.3. The highest BCUT2D eigenvalue weighted by Crippen LogP contribution is 2.22. The lowest BCUT2D eigenvalue weighted by molar-refractivity contribution is 0.166. The van der Waals surface area contributed by atoms with Gasteiger partial charge in [-0.25, -0.2) is 8.42 Å². The summed E-state index contributed by atoms with van der Waals surface area (Å²) >= 11 is 5.92. The number of aromatic nitrogens is 1. The number of nitrogens with zero attached hydrogens (tertiary/aromatic N) is 3. The van der Waals surface area contributed by atoms with E-state index in [0.717, 1.165) is 22.6 Å². The SMILES string of the molecule is O=S(=O)(Cc1ccccc1)N1CCN(Cc2cc(-c3ccc(Cl)cc3)no2)CC1. The number of rotatable bonds is 6. The summed E-state index contributed by atoms with van der Waals surface area (Å²) in [6.07, 6.45) is 0. The zero-order valence-corrected chi connectivity index (χ0v) is 17.4. The lowest BCUT2D eigenvalue weighted by atomic mass is 10.1. The van der Waals surface area contributed by atoms with Gasteiger partial charge in [0.15, 0.2) is 5.76 Å². The van der Waals surface area contributed by atoms with E-state index in [-0.39, 0.29) is 5.75 Å². The summed E-state index contributed by atoms with van der Waals surface area (Å²) in [5, 5.41) is 4.81. The van der Waals surface area contributed by atoms with Crippen molar-refractivity contribution >= 4 is 21.6 Å². The van der Waals surface area contributed by atoms with Crippen molar-refractivity contribution in [3.8, 4) is 11.3 Å². The van der Waals surface area contributed by atoms with Gasteiger partial charge in [0.2, 0.25) is 10.0 Å². The summed E-state index contributed by atoms with van der Waals surface area (Å²) in [6, 6.07) is 18.7. The van der Waals surface area contributed by atoms with Gasteiger partial charge in [0.25, 0.3) is 0 Å². The molecule has 152 valence electrons. The van der Waals surface area contributed by atoms with Crippen molar-refractivity contribution in [3.05, 3.63) is 77.0 Å². The van der Waals surface area contributed by atoms with Crippen LogP contribution in [0.2, 0.25) is 5.02 Å². The topological polar surface area (TPSA) is 66.7 Å². The van der Waals surface area contributed by atoms with Gasteiger partial charge in [-0.05, 0) is 17.7 Å². The monoisotopic (exact) mass is 431 g/mol. The van der Waals surface area contributed by atoms with Crippen LogP contribution in [0.1, 0.15) is 11.3 Å². The minimum Gasteiger partial charge on any atom is -0.359 e. The van der Waals surface area contributed by atoms with Crippen molar-refractivity contribution in [1.82, 2.24) is 14.4 Å². The Morgan fingerprint density at radius 3 is 2.34 bits per heavy atom. The molecule has 2 heterocycles. The molecule has 1 aliphatic heterocycles. The average molecular weight is 432 g/mol. The highest BCUT2D eigenvalue weighted by molar-refractivity contribution is 7.88. The van der Waals surface area contributed by atoms with Gasteiger partial charge in [0.05, 0.1) is 12.3 Å². The van der Waals surface area contributed by atoms with Gasteiger partial charge in [0.1, 0.15) is 5.69 Å². The maximum Gasteiger partial charge on any atom is 0.218 e. The fourth-order valence-electron chi connectivity index (χ4n) is 3.41. The van der Waals surface area contributed by atoms with Crippen LogP contribution >= 0.6 is 11.6 Å². The second-order valence-corrected chi connectivity index (χ2v) is 9.51. The minimum absolute atomic E-state index is 0.0421. The zero-order valence-electron chi connectivity index (χ0n) is 15.9. The van der Waals surface area contributed by atoms with Crippen LogP contribution in [0.3, 0.4) is 0 Å². The van der Waals surface area contributed by atoms with Gasteiger partial charge in [-0.15, -0.1) is 0 Å². The molecule has 1 aromatic heterocycles. The standard InChI is InChI=1S/C21H22ClN3O3S/c22-19-8-6-18(7-9-19)21-14-20(28-23-21)15-24-10-12-25(13-11-24)29(26,27)16-17-4-2-1-3-5-17/h1-9,14H,10-13,15-16H2. The molecule has 0 radical (unpaired) electrons. The molecule has 0 N–H and O–H groups in total. The number of hydrogen-bond acceptors (Lipinski definition) is 5. The summed E-state index contributed by atoms with van der Waals surface area (Å²) in [5.41, 5.74) is 2.52. The quantitative estimate of drug-likeness (QED) is 0.596. The van der Waals surface area contributed by atoms with Crippen molar-refractivity contribution in [2.24, 2.45) is 0 Å². The van der Waals surface area contributed by atoms with E-state index in [1.165, 1.54) is 0 Å². The van der Waals surface area contributed by atoms with Crippen LogP contribution in [-0.2, 0) is 22.3 Å². The molecule has 2 aromatic carbocycles. The van der Waals surface area contributed by atoms with Crippen molar-refractivity contribution < 1.29 is 12.9 Å². The molecule has 0 spiro atoms. The van der Waals surface area contributed by atoms with Gasteiger partial charge in [-0.1, -0.05) is 59.2 Å². The van der Waals surface area contributed by atoms with E-state index in [1.807, 2.05) is 60.7 Å². The Kier molecular flexibility index (Phi) is 6.01. The van der Waals surface area contributed by atoms with E-state index in [0.29, 0.717) is 37.7 Å². The smallest absolute Gasteiger partial charge is 0.218 e. The first-order valence-electron chi connectivity index (χ1n) is 9.45. The third kappa shape index (κ3) is 5.05. The molecule has 1 fully saturated rings. The molecule has 29 heavy (non-hydrogen) atoms. The largest absolute Gasteiger partial charge is 0.359 e. The molecule has 0 saturated carbocycles. The number of halogens is 1. The molecule has 6 nitrogen and oxygen atoms in total. The molecule has 0 aliphatic carbocycles. The summed E-state index contributed by atoms with van der Waals surface area (Å²) in [5.74, 6) is 0.802. The third-order valence-electron chi connectivity index (χ3n) is 4.99. The molecule has 0 unspecified atom stereocenters. The summed E-state index contributed by atoms with van der Waals surface area (Å²) in [7, 11) is -3.31. The predicted octanol–water partition coefficient (Wildman–Crippen LogP) is 3.64. The van der Waals surface area contributed by atoms with Crippen molar-refractivity contribution in [3.63, 3.8) is 0 Å². The molecular formula is C21H22ClN3O3S. The molecule has 0 atom stereocenters. The summed E-state index contributed by atoms with van der Waals surface area (Å²) in [4.78, 5) is 2.18. The van der Waals surface area contributed by atoms with E-state index in [2.05, 4.69) is 10.1 Å². The van der Waals surface area contributed by atoms with Crippen LogP contribution in [0.25, 0.3) is 11.3 Å². The molecule has 1 saturated heterocycles. The Morgan fingerprint density at radius 1 is 0.966 bits per heavy atom. The Morgan fingerprint density at radius 2 is 1.66 bits per heavy atom. The number of sulfonamides is 1. The first-order valence-corrected chi connectivity index (χ1v) is 11.4. The molecular weight excluding hydrogens is 410 g/mol. The molecule has 8 heteroatoms. The maximum absolute atomic E-state index is 12.7. The number of piperazine rings is 1. The fourth-order valence-corrected chi connectivity index (χ4v) is 5.05. The van der Waals surface area contributed by atoms with Crippen LogP contribution in [-0.4, -0.2) is 49.0 Å². The fraction of sp³-hybridized carbons (Fsp3) is 0.286. The second kappa shape index (κ2) is 8.67. The van der Waals surface area contributed by atoms with E-state index < -0.39 is 10.0 Å². The van der Waals surface area contributed by atoms with E-state index in [4.69, 9.17) is 16.1 Å². The van der Waals surface area contributed by atoms with Crippen molar-refractivity contribution in [2.45, 2.75) is 12.3 Å². The summed E-state index contributed by atoms with van der Waals surface area (Å²) < 4.78 is 32.4. The molecule has 3 aromatic rings. The van der Waals surface area contributed by atoms with E-state index in [9.17, 15) is 8.42 Å². The molecule has 1 aliphatic rings.